The van der Waals surface area contributed by atoms with E-state index in [-0.39, 0.29) is 11.3 Å². The van der Waals surface area contributed by atoms with Crippen LogP contribution in [-0.4, -0.2) is 19.2 Å². The zero-order valence-corrected chi connectivity index (χ0v) is 15.6. The molecule has 0 fully saturated rings. The van der Waals surface area contributed by atoms with Gasteiger partial charge in [-0.2, -0.15) is 4.73 Å². The summed E-state index contributed by atoms with van der Waals surface area (Å²) in [7, 11) is 2.98. The van der Waals surface area contributed by atoms with Crippen molar-refractivity contribution >= 4 is 10.9 Å². The summed E-state index contributed by atoms with van der Waals surface area (Å²) >= 11 is 0. The molecule has 0 saturated carbocycles. The van der Waals surface area contributed by atoms with Crippen molar-refractivity contribution in [3.8, 4) is 33.9 Å². The number of fused-ring (bicyclic) bond motifs is 1. The van der Waals surface area contributed by atoms with Crippen molar-refractivity contribution in [2.45, 2.75) is 0 Å². The van der Waals surface area contributed by atoms with Crippen LogP contribution in [0.4, 0.5) is 8.78 Å². The minimum absolute atomic E-state index is 0.209. The van der Waals surface area contributed by atoms with Crippen LogP contribution in [0.5, 0.6) is 11.5 Å². The number of rotatable bonds is 4. The molecule has 0 aliphatic heterocycles. The highest BCUT2D eigenvalue weighted by molar-refractivity contribution is 6.01. The standard InChI is InChI=1S/C22H16F2N2O3/c1-28-18-4-3-5-19(29-2)20(18)22-21-16(9-11-26(22)27)14(8-10-25-21)15-7-6-13(23)12-17(15)24/h3-12H,1-2H3. The molecule has 0 bridgehead atoms. The third-order valence-corrected chi connectivity index (χ3v) is 4.70. The number of hydrogen-bond donors (Lipinski definition) is 0. The van der Waals surface area contributed by atoms with Gasteiger partial charge in [-0.15, -0.1) is 0 Å². The number of pyridine rings is 2. The van der Waals surface area contributed by atoms with Gasteiger partial charge in [0.25, 0.3) is 5.69 Å². The molecule has 0 aliphatic rings. The average molecular weight is 394 g/mol. The summed E-state index contributed by atoms with van der Waals surface area (Å²) in [5.41, 5.74) is 1.68. The van der Waals surface area contributed by atoms with Crippen LogP contribution in [0.2, 0.25) is 0 Å². The fourth-order valence-corrected chi connectivity index (χ4v) is 3.41. The van der Waals surface area contributed by atoms with E-state index >= 15 is 0 Å². The lowest BCUT2D eigenvalue weighted by Gasteiger charge is -2.15. The molecular weight excluding hydrogens is 378 g/mol. The number of hydrogen-bond acceptors (Lipinski definition) is 4. The van der Waals surface area contributed by atoms with E-state index in [0.717, 1.165) is 6.07 Å². The van der Waals surface area contributed by atoms with Crippen molar-refractivity contribution in [2.75, 3.05) is 14.2 Å². The molecule has 146 valence electrons. The first-order valence-corrected chi connectivity index (χ1v) is 8.72. The number of halogens is 2. The minimum Gasteiger partial charge on any atom is -0.618 e. The summed E-state index contributed by atoms with van der Waals surface area (Å²) in [4.78, 5) is 4.37. The zero-order valence-electron chi connectivity index (χ0n) is 15.6. The Bertz CT molecular complexity index is 1210. The van der Waals surface area contributed by atoms with Crippen LogP contribution >= 0.6 is 0 Å². The minimum atomic E-state index is -0.701. The van der Waals surface area contributed by atoms with Crippen LogP contribution in [0.25, 0.3) is 33.3 Å². The molecule has 0 saturated heterocycles. The SMILES string of the molecule is COc1cccc(OC)c1-c1c2nccc(-c3ccc(F)cc3F)c2cc[n+]1[O-]. The maximum atomic E-state index is 14.4. The third kappa shape index (κ3) is 3.10. The Balaban J connectivity index is 2.08. The van der Waals surface area contributed by atoms with Crippen LogP contribution in [0.3, 0.4) is 0 Å². The van der Waals surface area contributed by atoms with Gasteiger partial charge in [-0.3, -0.25) is 0 Å². The van der Waals surface area contributed by atoms with Gasteiger partial charge in [0.05, 0.1) is 14.2 Å². The van der Waals surface area contributed by atoms with E-state index in [2.05, 4.69) is 4.98 Å². The molecule has 2 aromatic heterocycles. The number of nitrogens with zero attached hydrogens (tertiary/aromatic N) is 2. The Morgan fingerprint density at radius 2 is 1.66 bits per heavy atom. The van der Waals surface area contributed by atoms with Gasteiger partial charge >= 0.3 is 0 Å². The Morgan fingerprint density at radius 3 is 2.31 bits per heavy atom. The summed E-state index contributed by atoms with van der Waals surface area (Å²) in [6.45, 7) is 0. The predicted molar refractivity (Wildman–Crippen MR) is 105 cm³/mol. The summed E-state index contributed by atoms with van der Waals surface area (Å²) in [6.07, 6.45) is 2.79. The molecular formula is C22H16F2N2O3. The second kappa shape index (κ2) is 7.35. The van der Waals surface area contributed by atoms with E-state index in [4.69, 9.17) is 9.47 Å². The van der Waals surface area contributed by atoms with E-state index in [0.29, 0.717) is 38.3 Å². The number of aromatic nitrogens is 2. The third-order valence-electron chi connectivity index (χ3n) is 4.70. The van der Waals surface area contributed by atoms with Gasteiger partial charge in [-0.25, -0.2) is 13.8 Å². The highest BCUT2D eigenvalue weighted by atomic mass is 19.1. The van der Waals surface area contributed by atoms with Gasteiger partial charge < -0.3 is 14.7 Å². The van der Waals surface area contributed by atoms with Crippen molar-refractivity contribution < 1.29 is 23.0 Å². The maximum absolute atomic E-state index is 14.4. The van der Waals surface area contributed by atoms with Crippen LogP contribution in [0.15, 0.2) is 60.9 Å². The number of ether oxygens (including phenoxy) is 2. The molecule has 2 aromatic carbocycles. The van der Waals surface area contributed by atoms with E-state index in [1.165, 1.54) is 38.7 Å². The van der Waals surface area contributed by atoms with Crippen LogP contribution < -0.4 is 14.2 Å². The lowest BCUT2D eigenvalue weighted by atomic mass is 9.98. The van der Waals surface area contributed by atoms with Crippen molar-refractivity contribution in [3.05, 3.63) is 77.8 Å². The van der Waals surface area contributed by atoms with Crippen molar-refractivity contribution in [1.29, 1.82) is 0 Å². The molecule has 5 nitrogen and oxygen atoms in total. The van der Waals surface area contributed by atoms with E-state index < -0.39 is 11.6 Å². The first-order chi connectivity index (χ1) is 14.0. The normalized spacial score (nSPS) is 10.9. The van der Waals surface area contributed by atoms with E-state index in [1.807, 2.05) is 0 Å². The van der Waals surface area contributed by atoms with E-state index in [9.17, 15) is 14.0 Å². The average Bonchev–Trinajstić information content (AvgIpc) is 2.73. The molecule has 0 N–H and O–H groups in total. The van der Waals surface area contributed by atoms with Gasteiger partial charge in [0.2, 0.25) is 0 Å². The van der Waals surface area contributed by atoms with Crippen LogP contribution in [0, 0.1) is 16.8 Å². The number of methoxy groups -OCH3 is 2. The van der Waals surface area contributed by atoms with Gasteiger partial charge in [0.15, 0.2) is 6.20 Å². The molecule has 29 heavy (non-hydrogen) atoms. The molecule has 0 aliphatic carbocycles. The molecule has 0 amide bonds. The molecule has 4 rings (SSSR count). The topological polar surface area (TPSA) is 58.3 Å². The van der Waals surface area contributed by atoms with Gasteiger partial charge in [0.1, 0.15) is 34.2 Å². The summed E-state index contributed by atoms with van der Waals surface area (Å²) in [5, 5.41) is 13.3. The molecule has 0 radical (unpaired) electrons. The lowest BCUT2D eigenvalue weighted by molar-refractivity contribution is -0.592. The second-order valence-corrected chi connectivity index (χ2v) is 6.27. The largest absolute Gasteiger partial charge is 0.618 e. The van der Waals surface area contributed by atoms with Gasteiger partial charge in [-0.05, 0) is 35.9 Å². The Hall–Kier alpha value is -3.74. The lowest BCUT2D eigenvalue weighted by Crippen LogP contribution is -2.29. The maximum Gasteiger partial charge on any atom is 0.257 e. The summed E-state index contributed by atoms with van der Waals surface area (Å²) in [6, 6.07) is 11.7. The monoisotopic (exact) mass is 394 g/mol. The first-order valence-electron chi connectivity index (χ1n) is 8.72. The summed E-state index contributed by atoms with van der Waals surface area (Å²) < 4.78 is 39.3. The highest BCUT2D eigenvalue weighted by Crippen LogP contribution is 2.40. The van der Waals surface area contributed by atoms with Crippen LogP contribution in [-0.2, 0) is 0 Å². The molecule has 0 spiro atoms. The van der Waals surface area contributed by atoms with Crippen LogP contribution in [0.1, 0.15) is 0 Å². The fourth-order valence-electron chi connectivity index (χ4n) is 3.41. The predicted octanol–water partition coefficient (Wildman–Crippen LogP) is 4.50. The smallest absolute Gasteiger partial charge is 0.257 e. The summed E-state index contributed by atoms with van der Waals surface area (Å²) in [5.74, 6) is -0.502. The molecule has 4 aromatic rings. The first kappa shape index (κ1) is 18.6. The Morgan fingerprint density at radius 1 is 0.931 bits per heavy atom. The molecule has 0 atom stereocenters. The Labute approximate surface area is 165 Å². The van der Waals surface area contributed by atoms with Gasteiger partial charge in [0, 0.05) is 29.3 Å². The van der Waals surface area contributed by atoms with Gasteiger partial charge in [-0.1, -0.05) is 6.07 Å². The highest BCUT2D eigenvalue weighted by Gasteiger charge is 2.25. The zero-order chi connectivity index (χ0) is 20.5. The number of benzene rings is 2. The van der Waals surface area contributed by atoms with Crippen molar-refractivity contribution in [3.63, 3.8) is 0 Å². The van der Waals surface area contributed by atoms with Crippen molar-refractivity contribution in [2.24, 2.45) is 0 Å². The fraction of sp³-hybridized carbons (Fsp3) is 0.0909. The van der Waals surface area contributed by atoms with Crippen molar-refractivity contribution in [1.82, 2.24) is 4.98 Å². The molecule has 2 heterocycles. The molecule has 7 heteroatoms. The van der Waals surface area contributed by atoms with E-state index in [1.54, 1.807) is 30.3 Å². The quantitative estimate of drug-likeness (QED) is 0.378. The second-order valence-electron chi connectivity index (χ2n) is 6.27. The molecule has 0 unspecified atom stereocenters. The Kier molecular flexibility index (Phi) is 4.72.